The van der Waals surface area contributed by atoms with Gasteiger partial charge in [-0.25, -0.2) is 9.18 Å². The molecular formula is C15H14ClFN2O3. The fourth-order valence-corrected chi connectivity index (χ4v) is 2.26. The summed E-state index contributed by atoms with van der Waals surface area (Å²) in [5, 5.41) is 3.73. The van der Waals surface area contributed by atoms with Crippen molar-refractivity contribution in [3.05, 3.63) is 56.7 Å². The molecule has 0 spiro atoms. The van der Waals surface area contributed by atoms with E-state index in [-0.39, 0.29) is 22.3 Å². The zero-order chi connectivity index (χ0) is 16.4. The number of halogens is 2. The number of hydrogen-bond donors (Lipinski definition) is 0. The van der Waals surface area contributed by atoms with Crippen molar-refractivity contribution < 1.29 is 13.9 Å². The Hall–Kier alpha value is -2.21. The molecule has 0 saturated heterocycles. The van der Waals surface area contributed by atoms with Crippen molar-refractivity contribution in [2.24, 2.45) is 0 Å². The van der Waals surface area contributed by atoms with Gasteiger partial charge >= 0.3 is 5.97 Å². The van der Waals surface area contributed by atoms with Crippen LogP contribution in [-0.2, 0) is 4.74 Å². The molecule has 7 heteroatoms. The van der Waals surface area contributed by atoms with Crippen molar-refractivity contribution in [2.75, 3.05) is 7.11 Å². The molecule has 5 nitrogen and oxygen atoms in total. The van der Waals surface area contributed by atoms with Crippen LogP contribution in [-0.4, -0.2) is 22.9 Å². The van der Waals surface area contributed by atoms with Gasteiger partial charge < -0.3 is 4.74 Å². The number of hydrogen-bond acceptors (Lipinski definition) is 4. The molecule has 2 aromatic rings. The second-order valence-electron chi connectivity index (χ2n) is 4.91. The van der Waals surface area contributed by atoms with E-state index in [1.54, 1.807) is 12.1 Å². The van der Waals surface area contributed by atoms with E-state index >= 15 is 0 Å². The minimum atomic E-state index is -0.804. The highest BCUT2D eigenvalue weighted by Gasteiger charge is 2.20. The van der Waals surface area contributed by atoms with Crippen LogP contribution in [0.1, 0.15) is 35.8 Å². The summed E-state index contributed by atoms with van der Waals surface area (Å²) in [6.45, 7) is 3.72. The van der Waals surface area contributed by atoms with Crippen molar-refractivity contribution in [1.29, 1.82) is 0 Å². The van der Waals surface area contributed by atoms with Crippen molar-refractivity contribution in [1.82, 2.24) is 9.78 Å². The van der Waals surface area contributed by atoms with Crippen LogP contribution in [0.2, 0.25) is 5.02 Å². The van der Waals surface area contributed by atoms with E-state index in [9.17, 15) is 14.0 Å². The van der Waals surface area contributed by atoms with E-state index in [0.717, 1.165) is 10.7 Å². The largest absolute Gasteiger partial charge is 0.464 e. The van der Waals surface area contributed by atoms with Crippen LogP contribution in [0.25, 0.3) is 5.69 Å². The second kappa shape index (κ2) is 6.27. The Morgan fingerprint density at radius 1 is 1.41 bits per heavy atom. The van der Waals surface area contributed by atoms with Crippen LogP contribution >= 0.6 is 11.6 Å². The number of nitrogens with zero attached hydrogens (tertiary/aromatic N) is 2. The summed E-state index contributed by atoms with van der Waals surface area (Å²) < 4.78 is 19.6. The number of ether oxygens (including phenoxy) is 1. The summed E-state index contributed by atoms with van der Waals surface area (Å²) in [6, 6.07) is 5.49. The lowest BCUT2D eigenvalue weighted by Crippen LogP contribution is -2.26. The number of carbonyl (C=O) groups is 1. The lowest BCUT2D eigenvalue weighted by Gasteiger charge is -2.15. The monoisotopic (exact) mass is 324 g/mol. The van der Waals surface area contributed by atoms with Gasteiger partial charge in [0.05, 0.1) is 12.1 Å². The van der Waals surface area contributed by atoms with Crippen LogP contribution in [0, 0.1) is 5.82 Å². The fraction of sp³-hybridized carbons (Fsp3) is 0.267. The highest BCUT2D eigenvalue weighted by atomic mass is 35.5. The number of carbonyl (C=O) groups excluding carboxylic acids is 1. The third-order valence-electron chi connectivity index (χ3n) is 3.12. The Labute approximate surface area is 131 Å². The summed E-state index contributed by atoms with van der Waals surface area (Å²) in [7, 11) is 1.17. The molecular weight excluding hydrogens is 311 g/mol. The summed E-state index contributed by atoms with van der Waals surface area (Å²) in [6.07, 6.45) is 0. The Bertz CT molecular complexity index is 787. The van der Waals surface area contributed by atoms with E-state index in [0.29, 0.717) is 5.56 Å². The molecule has 0 amide bonds. The summed E-state index contributed by atoms with van der Waals surface area (Å²) in [4.78, 5) is 23.8. The van der Waals surface area contributed by atoms with Gasteiger partial charge in [-0.3, -0.25) is 4.79 Å². The van der Waals surface area contributed by atoms with E-state index in [1.165, 1.54) is 13.2 Å². The maximum Gasteiger partial charge on any atom is 0.360 e. The number of benzene rings is 1. The number of aromatic nitrogens is 2. The number of para-hydroxylation sites is 1. The molecule has 0 radical (unpaired) electrons. The molecule has 22 heavy (non-hydrogen) atoms. The standard InChI is InChI=1S/C15H14ClFN2O3/c1-8(2)9-5-4-6-11(17)14(9)19-12(20)7-10(16)13(18-19)15(21)22-3/h4-8H,1-3H3. The van der Waals surface area contributed by atoms with Gasteiger partial charge in [-0.1, -0.05) is 37.6 Å². The average molecular weight is 325 g/mol. The topological polar surface area (TPSA) is 61.2 Å². The zero-order valence-electron chi connectivity index (χ0n) is 12.3. The van der Waals surface area contributed by atoms with Crippen LogP contribution in [0.3, 0.4) is 0 Å². The number of methoxy groups -OCH3 is 1. The summed E-state index contributed by atoms with van der Waals surface area (Å²) in [5.41, 5.74) is -0.288. The molecule has 0 aliphatic rings. The Morgan fingerprint density at radius 3 is 2.68 bits per heavy atom. The number of esters is 1. The van der Waals surface area contributed by atoms with Crippen molar-refractivity contribution in [3.63, 3.8) is 0 Å². The normalized spacial score (nSPS) is 10.8. The third kappa shape index (κ3) is 2.87. The number of rotatable bonds is 3. The minimum Gasteiger partial charge on any atom is -0.464 e. The Morgan fingerprint density at radius 2 is 2.09 bits per heavy atom. The Kier molecular flexibility index (Phi) is 4.61. The first-order valence-corrected chi connectivity index (χ1v) is 6.91. The molecule has 0 saturated carbocycles. The van der Waals surface area contributed by atoms with Crippen LogP contribution in [0.4, 0.5) is 4.39 Å². The van der Waals surface area contributed by atoms with Gasteiger partial charge in [-0.05, 0) is 17.5 Å². The van der Waals surface area contributed by atoms with Gasteiger partial charge in [0, 0.05) is 6.07 Å². The molecule has 0 fully saturated rings. The van der Waals surface area contributed by atoms with Crippen LogP contribution in [0.5, 0.6) is 0 Å². The van der Waals surface area contributed by atoms with E-state index in [4.69, 9.17) is 11.6 Å². The quantitative estimate of drug-likeness (QED) is 0.814. The van der Waals surface area contributed by atoms with E-state index in [1.807, 2.05) is 13.8 Å². The van der Waals surface area contributed by atoms with Gasteiger partial charge in [0.25, 0.3) is 5.56 Å². The van der Waals surface area contributed by atoms with Crippen LogP contribution in [0.15, 0.2) is 29.1 Å². The molecule has 0 N–H and O–H groups in total. The molecule has 0 bridgehead atoms. The summed E-state index contributed by atoms with van der Waals surface area (Å²) >= 11 is 5.83. The fourth-order valence-electron chi connectivity index (χ4n) is 2.05. The molecule has 0 aliphatic carbocycles. The molecule has 116 valence electrons. The average Bonchev–Trinajstić information content (AvgIpc) is 2.47. The first kappa shape index (κ1) is 16.2. The van der Waals surface area contributed by atoms with Gasteiger partial charge in [0.1, 0.15) is 11.5 Å². The first-order valence-electron chi connectivity index (χ1n) is 6.53. The molecule has 1 heterocycles. The first-order chi connectivity index (χ1) is 10.4. The van der Waals surface area contributed by atoms with Crippen LogP contribution < -0.4 is 5.56 Å². The predicted molar refractivity (Wildman–Crippen MR) is 80.2 cm³/mol. The predicted octanol–water partition coefficient (Wildman–Crippen LogP) is 2.94. The minimum absolute atomic E-state index is 0.00400. The third-order valence-corrected chi connectivity index (χ3v) is 3.40. The summed E-state index contributed by atoms with van der Waals surface area (Å²) in [5.74, 6) is -1.46. The lowest BCUT2D eigenvalue weighted by molar-refractivity contribution is 0.0592. The van der Waals surface area contributed by atoms with Gasteiger partial charge in [0.2, 0.25) is 0 Å². The van der Waals surface area contributed by atoms with Crippen molar-refractivity contribution in [3.8, 4) is 5.69 Å². The van der Waals surface area contributed by atoms with E-state index < -0.39 is 17.3 Å². The van der Waals surface area contributed by atoms with Gasteiger partial charge in [-0.15, -0.1) is 0 Å². The smallest absolute Gasteiger partial charge is 0.360 e. The lowest BCUT2D eigenvalue weighted by atomic mass is 10.0. The molecule has 1 aromatic heterocycles. The Balaban J connectivity index is 2.79. The van der Waals surface area contributed by atoms with Gasteiger partial charge in [0.15, 0.2) is 5.69 Å². The molecule has 0 unspecified atom stereocenters. The maximum atomic E-state index is 14.2. The zero-order valence-corrected chi connectivity index (χ0v) is 13.0. The maximum absolute atomic E-state index is 14.2. The highest BCUT2D eigenvalue weighted by molar-refractivity contribution is 6.33. The van der Waals surface area contributed by atoms with E-state index in [2.05, 4.69) is 9.84 Å². The second-order valence-corrected chi connectivity index (χ2v) is 5.32. The molecule has 0 atom stereocenters. The molecule has 1 aromatic carbocycles. The SMILES string of the molecule is COC(=O)c1nn(-c2c(F)cccc2C(C)C)c(=O)cc1Cl. The molecule has 0 aliphatic heterocycles. The van der Waals surface area contributed by atoms with Crippen molar-refractivity contribution >= 4 is 17.6 Å². The molecule has 2 rings (SSSR count). The van der Waals surface area contributed by atoms with Crippen molar-refractivity contribution in [2.45, 2.75) is 19.8 Å². The van der Waals surface area contributed by atoms with Gasteiger partial charge in [-0.2, -0.15) is 9.78 Å². The highest BCUT2D eigenvalue weighted by Crippen LogP contribution is 2.24.